The van der Waals surface area contributed by atoms with Crippen molar-refractivity contribution >= 4 is 40.1 Å². The van der Waals surface area contributed by atoms with Gasteiger partial charge < -0.3 is 24.6 Å². The van der Waals surface area contributed by atoms with E-state index in [-0.39, 0.29) is 36.7 Å². The van der Waals surface area contributed by atoms with Gasteiger partial charge in [0.15, 0.2) is 0 Å². The van der Waals surface area contributed by atoms with Gasteiger partial charge in [-0.05, 0) is 74.6 Å². The third-order valence-electron chi connectivity index (χ3n) is 13.4. The van der Waals surface area contributed by atoms with Crippen LogP contribution < -0.4 is 5.32 Å². The second-order valence-electron chi connectivity index (χ2n) is 17.3. The van der Waals surface area contributed by atoms with Crippen molar-refractivity contribution < 1.29 is 28.7 Å². The van der Waals surface area contributed by atoms with Crippen LogP contribution in [0, 0.1) is 0 Å². The number of rotatable bonds is 15. The SMILES string of the molecule is CN1CCN(Cc2ccc(-c3cc4c5c(c(NCCN6CCCC6)cc6c5c3C(=O)N(CCCN3CCOCC3)C6=O)C(=O)N(CCCN3CCOCC3)C4=O)cc2)CC1. The van der Waals surface area contributed by atoms with Crippen molar-refractivity contribution in [2.45, 2.75) is 32.2 Å². The van der Waals surface area contributed by atoms with Gasteiger partial charge in [0.2, 0.25) is 0 Å². The molecule has 320 valence electrons. The van der Waals surface area contributed by atoms with E-state index in [1.807, 2.05) is 18.2 Å². The van der Waals surface area contributed by atoms with E-state index in [1.54, 1.807) is 6.07 Å². The van der Waals surface area contributed by atoms with Crippen molar-refractivity contribution in [3.8, 4) is 11.1 Å². The molecule has 0 radical (unpaired) electrons. The van der Waals surface area contributed by atoms with Crippen molar-refractivity contribution in [3.63, 3.8) is 0 Å². The summed E-state index contributed by atoms with van der Waals surface area (Å²) in [6, 6.07) is 11.9. The topological polar surface area (TPSA) is 121 Å². The number of carbonyl (C=O) groups is 4. The van der Waals surface area contributed by atoms with Crippen LogP contribution in [0.15, 0.2) is 36.4 Å². The quantitative estimate of drug-likeness (QED) is 0.227. The first-order chi connectivity index (χ1) is 29.3. The summed E-state index contributed by atoms with van der Waals surface area (Å²) in [5.74, 6) is -1.54. The highest BCUT2D eigenvalue weighted by molar-refractivity contribution is 6.36. The maximum absolute atomic E-state index is 14.9. The molecular formula is C46H60N8O6. The molecule has 14 nitrogen and oxygen atoms in total. The van der Waals surface area contributed by atoms with E-state index < -0.39 is 0 Å². The Kier molecular flexibility index (Phi) is 12.6. The fourth-order valence-electron chi connectivity index (χ4n) is 9.90. The van der Waals surface area contributed by atoms with E-state index in [4.69, 9.17) is 9.47 Å². The summed E-state index contributed by atoms with van der Waals surface area (Å²) in [6.45, 7) is 16.4. The van der Waals surface area contributed by atoms with Crippen LogP contribution in [-0.2, 0) is 16.0 Å². The number of morpholine rings is 2. The number of piperazine rings is 1. The van der Waals surface area contributed by atoms with Crippen molar-refractivity contribution in [3.05, 3.63) is 64.2 Å². The molecule has 0 aromatic heterocycles. The molecule has 0 bridgehead atoms. The fraction of sp³-hybridized carbons (Fsp3) is 0.565. The first kappa shape index (κ1) is 41.1. The summed E-state index contributed by atoms with van der Waals surface area (Å²) >= 11 is 0. The summed E-state index contributed by atoms with van der Waals surface area (Å²) in [5, 5.41) is 4.38. The zero-order valence-electron chi connectivity index (χ0n) is 35.2. The molecule has 14 heteroatoms. The maximum atomic E-state index is 14.9. The molecule has 0 atom stereocenters. The van der Waals surface area contributed by atoms with E-state index in [1.165, 1.54) is 28.2 Å². The lowest BCUT2D eigenvalue weighted by molar-refractivity contribution is 0.0351. The number of nitrogens with one attached hydrogen (secondary N) is 1. The number of carbonyl (C=O) groups excluding carboxylic acids is 4. The van der Waals surface area contributed by atoms with Gasteiger partial charge in [-0.25, -0.2) is 0 Å². The minimum absolute atomic E-state index is 0.259. The molecule has 6 aliphatic rings. The van der Waals surface area contributed by atoms with Crippen LogP contribution >= 0.6 is 0 Å². The Morgan fingerprint density at radius 2 is 1.07 bits per heavy atom. The molecule has 3 aromatic carbocycles. The van der Waals surface area contributed by atoms with Crippen LogP contribution in [0.5, 0.6) is 0 Å². The lowest BCUT2D eigenvalue weighted by Crippen LogP contribution is -2.45. The van der Waals surface area contributed by atoms with Gasteiger partial charge in [0, 0.05) is 120 Å². The molecule has 0 spiro atoms. The first-order valence-electron chi connectivity index (χ1n) is 22.3. The second-order valence-corrected chi connectivity index (χ2v) is 17.3. The highest BCUT2D eigenvalue weighted by atomic mass is 16.5. The normalized spacial score (nSPS) is 21.2. The number of likely N-dealkylation sites (N-methyl/N-ethyl adjacent to an activating group) is 1. The highest BCUT2D eigenvalue weighted by Gasteiger charge is 2.43. The fourth-order valence-corrected chi connectivity index (χ4v) is 9.90. The maximum Gasteiger partial charge on any atom is 0.263 e. The van der Waals surface area contributed by atoms with Gasteiger partial charge in [-0.15, -0.1) is 0 Å². The van der Waals surface area contributed by atoms with Gasteiger partial charge in [-0.2, -0.15) is 0 Å². The summed E-state index contributed by atoms with van der Waals surface area (Å²) in [4.78, 5) is 73.8. The molecule has 4 fully saturated rings. The number of imide groups is 2. The predicted octanol–water partition coefficient (Wildman–Crippen LogP) is 3.40. The Hall–Kier alpha value is -4.28. The summed E-state index contributed by atoms with van der Waals surface area (Å²) in [5.41, 5.74) is 4.58. The van der Waals surface area contributed by atoms with Crippen molar-refractivity contribution in [2.75, 3.05) is 144 Å². The molecule has 6 aliphatic heterocycles. The molecule has 6 heterocycles. The lowest BCUT2D eigenvalue weighted by atomic mass is 9.81. The van der Waals surface area contributed by atoms with Gasteiger partial charge in [0.05, 0.1) is 43.1 Å². The van der Waals surface area contributed by atoms with Gasteiger partial charge in [0.1, 0.15) is 0 Å². The average molecular weight is 821 g/mol. The van der Waals surface area contributed by atoms with E-state index in [9.17, 15) is 19.2 Å². The molecule has 3 aromatic rings. The third-order valence-corrected chi connectivity index (χ3v) is 13.4. The molecular weight excluding hydrogens is 761 g/mol. The largest absolute Gasteiger partial charge is 0.383 e. The van der Waals surface area contributed by atoms with E-state index >= 15 is 0 Å². The zero-order valence-corrected chi connectivity index (χ0v) is 35.2. The monoisotopic (exact) mass is 820 g/mol. The smallest absolute Gasteiger partial charge is 0.263 e. The molecule has 1 N–H and O–H groups in total. The first-order valence-corrected chi connectivity index (χ1v) is 22.3. The summed E-state index contributed by atoms with van der Waals surface area (Å²) < 4.78 is 11.1. The molecule has 4 amide bonds. The number of anilines is 1. The number of hydrogen-bond donors (Lipinski definition) is 1. The van der Waals surface area contributed by atoms with E-state index in [2.05, 4.69) is 49.0 Å². The van der Waals surface area contributed by atoms with Crippen LogP contribution in [0.4, 0.5) is 5.69 Å². The Labute approximate surface area is 353 Å². The molecule has 0 unspecified atom stereocenters. The lowest BCUT2D eigenvalue weighted by Gasteiger charge is -2.35. The number of amides is 4. The van der Waals surface area contributed by atoms with Crippen LogP contribution in [0.3, 0.4) is 0 Å². The number of likely N-dealkylation sites (tertiary alicyclic amines) is 1. The van der Waals surface area contributed by atoms with Crippen LogP contribution in [0.2, 0.25) is 0 Å². The van der Waals surface area contributed by atoms with Gasteiger partial charge >= 0.3 is 0 Å². The van der Waals surface area contributed by atoms with Crippen LogP contribution in [0.1, 0.15) is 72.7 Å². The van der Waals surface area contributed by atoms with E-state index in [0.29, 0.717) is 90.1 Å². The zero-order chi connectivity index (χ0) is 41.2. The Morgan fingerprint density at radius 3 is 1.67 bits per heavy atom. The summed E-state index contributed by atoms with van der Waals surface area (Å²) in [6.07, 6.45) is 3.59. The highest BCUT2D eigenvalue weighted by Crippen LogP contribution is 2.45. The van der Waals surface area contributed by atoms with Gasteiger partial charge in [-0.3, -0.25) is 43.7 Å². The van der Waals surface area contributed by atoms with Crippen LogP contribution in [-0.4, -0.2) is 196 Å². The minimum Gasteiger partial charge on any atom is -0.383 e. The van der Waals surface area contributed by atoms with Crippen LogP contribution in [0.25, 0.3) is 21.9 Å². The van der Waals surface area contributed by atoms with Crippen molar-refractivity contribution in [1.29, 1.82) is 0 Å². The number of nitrogens with zero attached hydrogens (tertiary/aromatic N) is 7. The molecule has 0 saturated carbocycles. The molecule has 0 aliphatic carbocycles. The minimum atomic E-state index is -0.387. The third kappa shape index (κ3) is 8.48. The Balaban J connectivity index is 1.11. The number of hydrogen-bond acceptors (Lipinski definition) is 12. The Bertz CT molecular complexity index is 2080. The Morgan fingerprint density at radius 1 is 0.533 bits per heavy atom. The predicted molar refractivity (Wildman–Crippen MR) is 231 cm³/mol. The average Bonchev–Trinajstić information content (AvgIpc) is 3.80. The summed E-state index contributed by atoms with van der Waals surface area (Å²) in [7, 11) is 2.15. The number of ether oxygens (including phenoxy) is 2. The standard InChI is InChI=1S/C46H60N8O6/c1-48-18-20-52(21-19-48)32-33-6-8-34(9-7-33)35-30-36-40-39-37(44(56)53(45(57)41(35)39)15-4-13-50-22-26-59-27-23-50)31-38(47-10-17-49-11-2-3-12-49)42(40)46(58)54(43(36)55)16-5-14-51-24-28-60-29-25-51/h6-9,30-31,47H,2-5,10-29,32H2,1H3. The molecule has 9 rings (SSSR count). The van der Waals surface area contributed by atoms with E-state index in [0.717, 1.165) is 97.2 Å². The second kappa shape index (κ2) is 18.4. The molecule has 60 heavy (non-hydrogen) atoms. The molecule has 4 saturated heterocycles. The van der Waals surface area contributed by atoms with Gasteiger partial charge in [-0.1, -0.05) is 24.3 Å². The van der Waals surface area contributed by atoms with Crippen molar-refractivity contribution in [1.82, 2.24) is 34.3 Å². The van der Waals surface area contributed by atoms with Gasteiger partial charge in [0.25, 0.3) is 23.6 Å². The number of benzene rings is 3. The van der Waals surface area contributed by atoms with Crippen molar-refractivity contribution in [2.24, 2.45) is 0 Å².